The summed E-state index contributed by atoms with van der Waals surface area (Å²) in [7, 11) is 0. The van der Waals surface area contributed by atoms with E-state index in [-0.39, 0.29) is 19.0 Å². The van der Waals surface area contributed by atoms with Crippen LogP contribution in [0, 0.1) is 5.82 Å². The molecule has 0 bridgehead atoms. The number of anilines is 1. The van der Waals surface area contributed by atoms with E-state index in [1.807, 2.05) is 24.4 Å². The van der Waals surface area contributed by atoms with Crippen LogP contribution in [0.3, 0.4) is 0 Å². The molecule has 0 aliphatic carbocycles. The van der Waals surface area contributed by atoms with Gasteiger partial charge < -0.3 is 25.6 Å². The second kappa shape index (κ2) is 9.98. The number of hydrogen-bond acceptors (Lipinski definition) is 6. The summed E-state index contributed by atoms with van der Waals surface area (Å²) in [6.07, 6.45) is 4.60. The Morgan fingerprint density at radius 1 is 1.19 bits per heavy atom. The first-order valence-corrected chi connectivity index (χ1v) is 11.5. The van der Waals surface area contributed by atoms with Crippen LogP contribution in [-0.2, 0) is 24.2 Å². The molecule has 11 heteroatoms. The van der Waals surface area contributed by atoms with Crippen molar-refractivity contribution in [1.82, 2.24) is 30.2 Å². The third-order valence-corrected chi connectivity index (χ3v) is 6.13. The number of pyridine rings is 1. The summed E-state index contributed by atoms with van der Waals surface area (Å²) < 4.78 is 13.9. The summed E-state index contributed by atoms with van der Waals surface area (Å²) in [6, 6.07) is 9.42. The molecule has 10 nitrogen and oxygen atoms in total. The number of halogens is 1. The number of carbonyl (C=O) groups excluding carboxylic acids is 1. The number of carboxylic acid groups (broad SMARTS) is 1. The van der Waals surface area contributed by atoms with Gasteiger partial charge >= 0.3 is 6.09 Å². The van der Waals surface area contributed by atoms with Gasteiger partial charge in [-0.2, -0.15) is 0 Å². The third kappa shape index (κ3) is 4.95. The normalized spacial score (nSPS) is 12.9. The number of para-hydroxylation sites is 1. The van der Waals surface area contributed by atoms with E-state index in [2.05, 4.69) is 36.6 Å². The largest absolute Gasteiger partial charge is 0.465 e. The lowest BCUT2D eigenvalue weighted by Crippen LogP contribution is -2.42. The van der Waals surface area contributed by atoms with Gasteiger partial charge in [0, 0.05) is 47.5 Å². The van der Waals surface area contributed by atoms with Gasteiger partial charge in [-0.15, -0.1) is 0 Å². The van der Waals surface area contributed by atoms with Crippen molar-refractivity contribution >= 4 is 28.7 Å². The minimum Gasteiger partial charge on any atom is -0.465 e. The highest BCUT2D eigenvalue weighted by molar-refractivity contribution is 5.83. The van der Waals surface area contributed by atoms with E-state index in [1.54, 1.807) is 4.90 Å². The van der Waals surface area contributed by atoms with Gasteiger partial charge in [0.2, 0.25) is 5.91 Å². The predicted molar refractivity (Wildman–Crippen MR) is 131 cm³/mol. The average molecular weight is 490 g/mol. The average Bonchev–Trinajstić information content (AvgIpc) is 3.29. The molecule has 4 N–H and O–H groups in total. The smallest absolute Gasteiger partial charge is 0.405 e. The highest BCUT2D eigenvalue weighted by Crippen LogP contribution is 2.28. The molecule has 1 aliphatic rings. The van der Waals surface area contributed by atoms with E-state index in [9.17, 15) is 14.0 Å². The minimum absolute atomic E-state index is 0.199. The van der Waals surface area contributed by atoms with Gasteiger partial charge in [0.25, 0.3) is 0 Å². The van der Waals surface area contributed by atoms with E-state index >= 15 is 0 Å². The van der Waals surface area contributed by atoms with Crippen molar-refractivity contribution in [1.29, 1.82) is 0 Å². The van der Waals surface area contributed by atoms with Gasteiger partial charge in [0.1, 0.15) is 18.2 Å². The lowest BCUT2D eigenvalue weighted by molar-refractivity contribution is -0.131. The molecule has 1 aliphatic heterocycles. The topological polar surface area (TPSA) is 136 Å². The summed E-state index contributed by atoms with van der Waals surface area (Å²) >= 11 is 0. The van der Waals surface area contributed by atoms with E-state index < -0.39 is 11.9 Å². The zero-order chi connectivity index (χ0) is 25.1. The van der Waals surface area contributed by atoms with Crippen LogP contribution in [-0.4, -0.2) is 61.6 Å². The fourth-order valence-corrected chi connectivity index (χ4v) is 4.37. The van der Waals surface area contributed by atoms with Gasteiger partial charge in [-0.25, -0.2) is 19.2 Å². The number of benzene rings is 1. The fraction of sp³-hybridized carbons (Fsp3) is 0.240. The molecule has 4 heterocycles. The number of nitrogens with one attached hydrogen (secondary N) is 3. The van der Waals surface area contributed by atoms with Gasteiger partial charge in [-0.1, -0.05) is 18.2 Å². The van der Waals surface area contributed by atoms with Crippen LogP contribution in [0.4, 0.5) is 15.0 Å². The van der Waals surface area contributed by atoms with Crippen LogP contribution >= 0.6 is 0 Å². The predicted octanol–water partition coefficient (Wildman–Crippen LogP) is 2.97. The zero-order valence-corrected chi connectivity index (χ0v) is 19.3. The number of hydrogen-bond donors (Lipinski definition) is 4. The molecular weight excluding hydrogens is 465 g/mol. The van der Waals surface area contributed by atoms with Crippen LogP contribution in [0.5, 0.6) is 0 Å². The second-order valence-electron chi connectivity index (χ2n) is 8.47. The number of aromatic amines is 1. The first-order chi connectivity index (χ1) is 17.5. The molecule has 0 radical (unpaired) electrons. The van der Waals surface area contributed by atoms with Crippen LogP contribution in [0.1, 0.15) is 16.8 Å². The number of aromatic nitrogens is 4. The van der Waals surface area contributed by atoms with Gasteiger partial charge in [0.05, 0.1) is 18.4 Å². The van der Waals surface area contributed by atoms with Crippen molar-refractivity contribution in [2.75, 3.05) is 25.0 Å². The van der Waals surface area contributed by atoms with Crippen LogP contribution in [0.15, 0.2) is 48.9 Å². The molecule has 0 saturated carbocycles. The summed E-state index contributed by atoms with van der Waals surface area (Å²) in [5.41, 5.74) is 4.20. The highest BCUT2D eigenvalue weighted by atomic mass is 19.1. The number of amides is 2. The van der Waals surface area contributed by atoms with Gasteiger partial charge in [-0.3, -0.25) is 9.78 Å². The standard InChI is InChI=1S/C25H24FN7O3/c26-17-9-16(10-27-12-17)23-31-21-14-33(22(34)13-30-25(35)36)8-6-19(21)24(32-23)28-7-5-15-11-29-20-4-2-1-3-18(15)20/h1-4,9-12,29-30H,5-8,13-14H2,(H,35,36)(H,28,31,32). The Balaban J connectivity index is 1.40. The maximum atomic E-state index is 13.9. The van der Waals surface area contributed by atoms with Crippen molar-refractivity contribution in [3.8, 4) is 11.4 Å². The Labute approximate surface area is 205 Å². The molecule has 0 unspecified atom stereocenters. The number of H-pyrrole nitrogens is 1. The third-order valence-electron chi connectivity index (χ3n) is 6.13. The molecule has 1 aromatic carbocycles. The van der Waals surface area contributed by atoms with E-state index in [4.69, 9.17) is 5.11 Å². The quantitative estimate of drug-likeness (QED) is 0.313. The molecule has 184 valence electrons. The van der Waals surface area contributed by atoms with E-state index in [1.165, 1.54) is 23.2 Å². The molecule has 5 rings (SSSR count). The Bertz CT molecular complexity index is 1440. The number of fused-ring (bicyclic) bond motifs is 2. The van der Waals surface area contributed by atoms with Crippen LogP contribution in [0.2, 0.25) is 0 Å². The summed E-state index contributed by atoms with van der Waals surface area (Å²) in [4.78, 5) is 41.3. The molecule has 36 heavy (non-hydrogen) atoms. The van der Waals surface area contributed by atoms with E-state index in [0.29, 0.717) is 42.4 Å². The van der Waals surface area contributed by atoms with Crippen molar-refractivity contribution in [2.24, 2.45) is 0 Å². The summed E-state index contributed by atoms with van der Waals surface area (Å²) in [5.74, 6) is 0.0897. The van der Waals surface area contributed by atoms with Crippen LogP contribution < -0.4 is 10.6 Å². The van der Waals surface area contributed by atoms with Crippen molar-refractivity contribution < 1.29 is 19.1 Å². The second-order valence-corrected chi connectivity index (χ2v) is 8.47. The monoisotopic (exact) mass is 489 g/mol. The zero-order valence-electron chi connectivity index (χ0n) is 19.3. The fourth-order valence-electron chi connectivity index (χ4n) is 4.37. The molecule has 0 atom stereocenters. The number of carbonyl (C=O) groups is 2. The van der Waals surface area contributed by atoms with Crippen molar-refractivity contribution in [3.05, 3.63) is 71.6 Å². The van der Waals surface area contributed by atoms with Crippen LogP contribution in [0.25, 0.3) is 22.3 Å². The number of rotatable bonds is 7. The molecule has 0 fully saturated rings. The molecule has 2 amide bonds. The Kier molecular flexibility index (Phi) is 6.44. The first-order valence-electron chi connectivity index (χ1n) is 11.5. The lowest BCUT2D eigenvalue weighted by atomic mass is 10.0. The van der Waals surface area contributed by atoms with Crippen molar-refractivity contribution in [3.63, 3.8) is 0 Å². The van der Waals surface area contributed by atoms with E-state index in [0.717, 1.165) is 23.7 Å². The maximum absolute atomic E-state index is 13.9. The Hall–Kier alpha value is -4.54. The SMILES string of the molecule is O=C(O)NCC(=O)N1CCc2c(nc(-c3cncc(F)c3)nc2NCCc2c[nH]c3ccccc23)C1. The molecule has 0 spiro atoms. The Morgan fingerprint density at radius 3 is 2.89 bits per heavy atom. The van der Waals surface area contributed by atoms with Gasteiger partial charge in [0.15, 0.2) is 5.82 Å². The summed E-state index contributed by atoms with van der Waals surface area (Å²) in [5, 5.41) is 15.5. The Morgan fingerprint density at radius 2 is 2.06 bits per heavy atom. The van der Waals surface area contributed by atoms with Gasteiger partial charge in [-0.05, 0) is 30.5 Å². The molecule has 0 saturated heterocycles. The molecular formula is C25H24FN7O3. The minimum atomic E-state index is -1.26. The summed E-state index contributed by atoms with van der Waals surface area (Å²) in [6.45, 7) is 0.906. The maximum Gasteiger partial charge on any atom is 0.405 e. The first kappa shape index (κ1) is 23.2. The molecule has 3 aromatic heterocycles. The highest BCUT2D eigenvalue weighted by Gasteiger charge is 2.26. The molecule has 4 aromatic rings. The van der Waals surface area contributed by atoms with Crippen molar-refractivity contribution in [2.45, 2.75) is 19.4 Å². The number of nitrogens with zero attached hydrogens (tertiary/aromatic N) is 4. The lowest BCUT2D eigenvalue weighted by Gasteiger charge is -2.29.